The number of allylic oxidation sites excluding steroid dienone is 4. The largest absolute Gasteiger partial charge is 0.481 e. The summed E-state index contributed by atoms with van der Waals surface area (Å²) < 4.78 is 178. The van der Waals surface area contributed by atoms with Gasteiger partial charge in [0.2, 0.25) is 5.69 Å². The number of hydrogen-bond donors (Lipinski definition) is 7. The topological polar surface area (TPSA) is 353 Å². The van der Waals surface area contributed by atoms with Gasteiger partial charge in [-0.15, -0.1) is 0 Å². The lowest BCUT2D eigenvalue weighted by Gasteiger charge is -2.31. The van der Waals surface area contributed by atoms with Gasteiger partial charge in [-0.3, -0.25) is 32.4 Å². The lowest BCUT2D eigenvalue weighted by atomic mass is 9.73. The van der Waals surface area contributed by atoms with Crippen LogP contribution in [0.25, 0.3) is 21.5 Å². The number of aryl methyl sites for hydroxylation is 1. The molecule has 0 radical (unpaired) electrons. The average molecular weight is 1140 g/mol. The summed E-state index contributed by atoms with van der Waals surface area (Å²) in [7, 11) is -24.1. The van der Waals surface area contributed by atoms with E-state index in [4.69, 9.17) is 0 Å². The molecule has 0 saturated heterocycles. The van der Waals surface area contributed by atoms with Crippen molar-refractivity contribution in [3.8, 4) is 0 Å². The molecule has 4 aromatic rings. The lowest BCUT2D eigenvalue weighted by Crippen LogP contribution is -2.32. The van der Waals surface area contributed by atoms with Crippen LogP contribution in [0, 0.1) is 6.92 Å². The van der Waals surface area contributed by atoms with E-state index in [1.54, 1.807) is 38.1 Å². The van der Waals surface area contributed by atoms with Crippen molar-refractivity contribution < 1.29 is 89.2 Å². The van der Waals surface area contributed by atoms with Gasteiger partial charge in [-0.25, -0.2) is 0 Å². The van der Waals surface area contributed by atoms with Crippen molar-refractivity contribution in [1.29, 1.82) is 0 Å². The van der Waals surface area contributed by atoms with Crippen LogP contribution in [-0.4, -0.2) is 122 Å². The first-order valence-electron chi connectivity index (χ1n) is 23.4. The van der Waals surface area contributed by atoms with E-state index >= 15 is 0 Å². The molecule has 7 N–H and O–H groups in total. The van der Waals surface area contributed by atoms with Crippen LogP contribution < -0.4 is 4.90 Å². The SMILES string of the molecule is C.Cc1cc(S(=O)(=O)O)cc2c3c(ccc12)[N+](CCCCCC(=O)O)=C(/C=C/C=C1/N(CCCCCC(=O)O)c2ccc4c(S(=O)(=O)O)cc(S(=O)(=O)O)cc4c2C1(C)CCCS(=O)(=O)O)C3(C)CCCS(=O)(=O)O. The molecular formula is C49H63N2O19S5+. The molecule has 2 atom stereocenters. The molecule has 4 aromatic carbocycles. The van der Waals surface area contributed by atoms with Gasteiger partial charge in [-0.2, -0.15) is 46.7 Å². The molecule has 6 rings (SSSR count). The monoisotopic (exact) mass is 1140 g/mol. The zero-order valence-corrected chi connectivity index (χ0v) is 44.7. The van der Waals surface area contributed by atoms with Crippen molar-refractivity contribution in [2.75, 3.05) is 29.5 Å². The maximum Gasteiger partial charge on any atom is 0.303 e. The van der Waals surface area contributed by atoms with Gasteiger partial charge in [0.05, 0.1) is 26.7 Å². The van der Waals surface area contributed by atoms with Gasteiger partial charge in [0.15, 0.2) is 5.71 Å². The van der Waals surface area contributed by atoms with Gasteiger partial charge in [-0.1, -0.05) is 26.0 Å². The molecule has 2 heterocycles. The standard InChI is InChI=1S/C48H58N2O19S5.CH4/c1-31-27-32(72(61,62)63)28-36-34(31)17-19-38-45(36)47(2,21-11-25-70(55,56)57)41(49(38)23-8-4-6-15-43(51)52)13-10-14-42-48(3,22-12-26-71(58,59)60)46-37-29-33(73(64,65)66)30-40(74(67,68)69)35(37)18-20-39(46)50(42)24-9-5-7-16-44(53)54;/h10,13-14,17-20,27-30H,4-9,11-12,15-16,21-26H2,1-3H3,(H6-,51,52,53,54,55,56,57,58,59,60,61,62,63,64,65,66,67,68,69);1H4/p+1. The minimum atomic E-state index is -5.17. The highest BCUT2D eigenvalue weighted by molar-refractivity contribution is 7.87. The number of rotatable bonds is 25. The summed E-state index contributed by atoms with van der Waals surface area (Å²) in [6, 6.07) is 10.7. The summed E-state index contributed by atoms with van der Waals surface area (Å²) in [6.07, 6.45) is 6.72. The normalized spacial score (nSPS) is 18.8. The van der Waals surface area contributed by atoms with E-state index in [1.165, 1.54) is 24.3 Å². The van der Waals surface area contributed by atoms with E-state index in [2.05, 4.69) is 0 Å². The molecule has 0 fully saturated rings. The average Bonchev–Trinajstić information content (AvgIpc) is 3.64. The van der Waals surface area contributed by atoms with Crippen LogP contribution in [0.5, 0.6) is 0 Å². The van der Waals surface area contributed by atoms with Crippen molar-refractivity contribution in [1.82, 2.24) is 0 Å². The zero-order chi connectivity index (χ0) is 55.0. The predicted octanol–water partition coefficient (Wildman–Crippen LogP) is 7.88. The first-order chi connectivity index (χ1) is 34.2. The lowest BCUT2D eigenvalue weighted by molar-refractivity contribution is -0.438. The number of carbonyl (C=O) groups is 2. The van der Waals surface area contributed by atoms with Crippen LogP contribution in [0.4, 0.5) is 11.4 Å². The number of fused-ring (bicyclic) bond motifs is 6. The Morgan fingerprint density at radius 3 is 1.65 bits per heavy atom. The molecule has 2 aliphatic heterocycles. The Balaban J connectivity index is 0.0000104. The molecule has 2 aliphatic rings. The van der Waals surface area contributed by atoms with E-state index < -0.39 is 99.6 Å². The summed E-state index contributed by atoms with van der Waals surface area (Å²) in [6.45, 7) is 5.57. The van der Waals surface area contributed by atoms with Crippen molar-refractivity contribution in [2.24, 2.45) is 0 Å². The fourth-order valence-corrected chi connectivity index (χ4v) is 13.6. The number of anilines is 1. The molecule has 0 bridgehead atoms. The molecule has 0 spiro atoms. The van der Waals surface area contributed by atoms with Gasteiger partial charge in [-0.05, 0) is 142 Å². The Bertz CT molecular complexity index is 3610. The Labute approximate surface area is 437 Å². The van der Waals surface area contributed by atoms with E-state index in [-0.39, 0.29) is 81.8 Å². The van der Waals surface area contributed by atoms with Crippen LogP contribution in [0.2, 0.25) is 0 Å². The van der Waals surface area contributed by atoms with Crippen LogP contribution in [0.15, 0.2) is 87.1 Å². The highest BCUT2D eigenvalue weighted by Crippen LogP contribution is 2.55. The number of carboxylic acid groups (broad SMARTS) is 2. The molecule has 2 unspecified atom stereocenters. The molecule has 75 heavy (non-hydrogen) atoms. The van der Waals surface area contributed by atoms with E-state index in [1.807, 2.05) is 22.5 Å². The number of carboxylic acids is 2. The Morgan fingerprint density at radius 1 is 0.600 bits per heavy atom. The molecular weight excluding hydrogens is 1080 g/mol. The second kappa shape index (κ2) is 22.8. The number of unbranched alkanes of at least 4 members (excludes halogenated alkanes) is 4. The highest BCUT2D eigenvalue weighted by Gasteiger charge is 2.49. The third kappa shape index (κ3) is 13.9. The minimum Gasteiger partial charge on any atom is -0.481 e. The summed E-state index contributed by atoms with van der Waals surface area (Å²) in [5, 5.41) is 19.5. The van der Waals surface area contributed by atoms with E-state index in [9.17, 15) is 84.7 Å². The first kappa shape index (κ1) is 60.7. The van der Waals surface area contributed by atoms with Gasteiger partial charge in [0.25, 0.3) is 50.6 Å². The smallest absolute Gasteiger partial charge is 0.303 e. The second-order valence-corrected chi connectivity index (χ2v) is 26.5. The van der Waals surface area contributed by atoms with Gasteiger partial charge >= 0.3 is 11.9 Å². The molecule has 0 saturated carbocycles. The fourth-order valence-electron chi connectivity index (χ4n) is 10.6. The van der Waals surface area contributed by atoms with Crippen molar-refractivity contribution in [3.63, 3.8) is 0 Å². The highest BCUT2D eigenvalue weighted by atomic mass is 32.2. The maximum atomic E-state index is 12.9. The number of aliphatic carboxylic acids is 2. The third-order valence-electron chi connectivity index (χ3n) is 13.8. The van der Waals surface area contributed by atoms with Crippen molar-refractivity contribution >= 4 is 101 Å². The Kier molecular flexibility index (Phi) is 18.5. The minimum absolute atomic E-state index is 0. The summed E-state index contributed by atoms with van der Waals surface area (Å²) in [5.74, 6) is -3.39. The van der Waals surface area contributed by atoms with Crippen LogP contribution in [0.3, 0.4) is 0 Å². The molecule has 0 aliphatic carbocycles. The molecule has 26 heteroatoms. The molecule has 0 amide bonds. The van der Waals surface area contributed by atoms with Crippen LogP contribution >= 0.6 is 0 Å². The number of hydrogen-bond acceptors (Lipinski definition) is 13. The fraction of sp³-hybridized carbons (Fsp3) is 0.449. The molecule has 412 valence electrons. The maximum absolute atomic E-state index is 12.9. The van der Waals surface area contributed by atoms with E-state index in [0.29, 0.717) is 82.9 Å². The van der Waals surface area contributed by atoms with Crippen LogP contribution in [-0.2, 0) is 71.0 Å². The number of benzene rings is 4. The van der Waals surface area contributed by atoms with Gasteiger partial charge in [0, 0.05) is 65.7 Å². The van der Waals surface area contributed by atoms with Crippen molar-refractivity contribution in [2.45, 2.75) is 131 Å². The number of nitrogens with zero attached hydrogens (tertiary/aromatic N) is 2. The summed E-state index contributed by atoms with van der Waals surface area (Å²) in [4.78, 5) is 22.5. The van der Waals surface area contributed by atoms with Crippen LogP contribution in [0.1, 0.15) is 115 Å². The van der Waals surface area contributed by atoms with Gasteiger partial charge in [0.1, 0.15) is 11.4 Å². The predicted molar refractivity (Wildman–Crippen MR) is 281 cm³/mol. The van der Waals surface area contributed by atoms with E-state index in [0.717, 1.165) is 6.07 Å². The summed E-state index contributed by atoms with van der Waals surface area (Å²) in [5.41, 5.74) is 0.578. The zero-order valence-electron chi connectivity index (χ0n) is 40.6. The van der Waals surface area contributed by atoms with Crippen molar-refractivity contribution in [3.05, 3.63) is 89.1 Å². The third-order valence-corrected chi connectivity index (χ3v) is 18.0. The Morgan fingerprint density at radius 2 is 1.12 bits per heavy atom. The second-order valence-electron chi connectivity index (χ2n) is 19.1. The molecule has 0 aromatic heterocycles. The van der Waals surface area contributed by atoms with Gasteiger partial charge < -0.3 is 15.1 Å². The first-order valence-corrected chi connectivity index (χ1v) is 31.0. The Hall–Kier alpha value is -5.16. The molecule has 21 nitrogen and oxygen atoms in total. The quantitative estimate of drug-likeness (QED) is 0.0188. The summed E-state index contributed by atoms with van der Waals surface area (Å²) >= 11 is 0.